The topological polar surface area (TPSA) is 72.2 Å². The molecule has 1 aromatic carbocycles. The molecule has 0 aliphatic heterocycles. The fourth-order valence-electron chi connectivity index (χ4n) is 1.42. The average Bonchev–Trinajstić information content (AvgIpc) is 2.27. The van der Waals surface area contributed by atoms with E-state index >= 15 is 0 Å². The Kier molecular flexibility index (Phi) is 4.62. The quantitative estimate of drug-likeness (QED) is 0.527. The lowest BCUT2D eigenvalue weighted by molar-refractivity contribution is -0.385. The van der Waals surface area contributed by atoms with Gasteiger partial charge in [0.1, 0.15) is 5.56 Å². The molecule has 1 N–H and O–H groups in total. The van der Waals surface area contributed by atoms with Gasteiger partial charge in [-0.3, -0.25) is 14.9 Å². The van der Waals surface area contributed by atoms with E-state index in [1.165, 1.54) is 6.07 Å². The summed E-state index contributed by atoms with van der Waals surface area (Å²) in [5.41, 5.74) is 0.448. The molecule has 0 aromatic heterocycles. The Labute approximate surface area is 107 Å². The van der Waals surface area contributed by atoms with Crippen molar-refractivity contribution in [3.8, 4) is 0 Å². The molecule has 92 valence electrons. The summed E-state index contributed by atoms with van der Waals surface area (Å²) in [7, 11) is 0. The average molecular weight is 301 g/mol. The van der Waals surface area contributed by atoms with Crippen LogP contribution >= 0.6 is 15.9 Å². The maximum absolute atomic E-state index is 11.9. The van der Waals surface area contributed by atoms with Gasteiger partial charge in [-0.15, -0.1) is 0 Å². The third-order valence-electron chi connectivity index (χ3n) is 2.27. The van der Waals surface area contributed by atoms with Gasteiger partial charge < -0.3 is 5.32 Å². The second-order valence-electron chi connectivity index (χ2n) is 3.76. The van der Waals surface area contributed by atoms with Crippen molar-refractivity contribution in [1.29, 1.82) is 0 Å². The first-order valence-electron chi connectivity index (χ1n) is 5.08. The van der Waals surface area contributed by atoms with Gasteiger partial charge in [0.2, 0.25) is 0 Å². The number of hydrogen-bond donors (Lipinski definition) is 1. The van der Waals surface area contributed by atoms with E-state index in [-0.39, 0.29) is 17.3 Å². The van der Waals surface area contributed by atoms with Crippen molar-refractivity contribution in [2.45, 2.75) is 19.9 Å². The van der Waals surface area contributed by atoms with Gasteiger partial charge in [-0.25, -0.2) is 0 Å². The monoisotopic (exact) mass is 300 g/mol. The molecule has 0 saturated heterocycles. The largest absolute Gasteiger partial charge is 0.349 e. The summed E-state index contributed by atoms with van der Waals surface area (Å²) in [5.74, 6) is -0.424. The molecule has 0 spiro atoms. The van der Waals surface area contributed by atoms with E-state index in [4.69, 9.17) is 0 Å². The zero-order chi connectivity index (χ0) is 13.0. The summed E-state index contributed by atoms with van der Waals surface area (Å²) < 4.78 is 0. The van der Waals surface area contributed by atoms with Crippen LogP contribution in [0.25, 0.3) is 0 Å². The van der Waals surface area contributed by atoms with Crippen molar-refractivity contribution in [2.75, 3.05) is 5.33 Å². The summed E-state index contributed by atoms with van der Waals surface area (Å²) >= 11 is 3.23. The lowest BCUT2D eigenvalue weighted by atomic mass is 10.1. The number of nitrogens with zero attached hydrogens (tertiary/aromatic N) is 1. The van der Waals surface area contributed by atoms with Gasteiger partial charge in [0.05, 0.1) is 4.92 Å². The number of benzene rings is 1. The first-order chi connectivity index (χ1) is 7.97. The number of nitro groups is 1. The smallest absolute Gasteiger partial charge is 0.285 e. The predicted octanol–water partition coefficient (Wildman–Crippen LogP) is 2.42. The number of carbonyl (C=O) groups is 1. The highest BCUT2D eigenvalue weighted by atomic mass is 79.9. The first-order valence-corrected chi connectivity index (χ1v) is 6.20. The number of nitro benzene ring substituents is 1. The van der Waals surface area contributed by atoms with Crippen LogP contribution in [0.2, 0.25) is 0 Å². The Morgan fingerprint density at radius 3 is 2.76 bits per heavy atom. The zero-order valence-electron chi connectivity index (χ0n) is 9.57. The van der Waals surface area contributed by atoms with Gasteiger partial charge in [0.15, 0.2) is 0 Å². The number of para-hydroxylation sites is 1. The SMILES string of the molecule is Cc1cccc(C(=O)NC(C)CBr)c1[N+](=O)[O-]. The van der Waals surface area contributed by atoms with Crippen molar-refractivity contribution in [3.05, 3.63) is 39.4 Å². The van der Waals surface area contributed by atoms with Gasteiger partial charge in [-0.2, -0.15) is 0 Å². The number of hydrogen-bond acceptors (Lipinski definition) is 3. The van der Waals surface area contributed by atoms with E-state index < -0.39 is 10.8 Å². The minimum Gasteiger partial charge on any atom is -0.349 e. The number of halogens is 1. The Bertz CT molecular complexity index is 448. The summed E-state index contributed by atoms with van der Waals surface area (Å²) in [6, 6.07) is 4.63. The van der Waals surface area contributed by atoms with E-state index in [9.17, 15) is 14.9 Å². The second kappa shape index (κ2) is 5.77. The lowest BCUT2D eigenvalue weighted by Gasteiger charge is -2.11. The number of carbonyl (C=O) groups excluding carboxylic acids is 1. The molecule has 5 nitrogen and oxygen atoms in total. The molecule has 1 amide bonds. The molecule has 1 rings (SSSR count). The van der Waals surface area contributed by atoms with Crippen LogP contribution in [0.5, 0.6) is 0 Å². The summed E-state index contributed by atoms with van der Waals surface area (Å²) in [5, 5.41) is 14.2. The standard InChI is InChI=1S/C11H13BrN2O3/c1-7-4-3-5-9(10(7)14(16)17)11(15)13-8(2)6-12/h3-5,8H,6H2,1-2H3,(H,13,15). The molecule has 0 aliphatic carbocycles. The Hall–Kier alpha value is -1.43. The van der Waals surface area contributed by atoms with Crippen molar-refractivity contribution < 1.29 is 9.72 Å². The Morgan fingerprint density at radius 1 is 1.59 bits per heavy atom. The molecule has 6 heteroatoms. The molecule has 1 unspecified atom stereocenters. The summed E-state index contributed by atoms with van der Waals surface area (Å²) in [6.45, 7) is 3.43. The van der Waals surface area contributed by atoms with Crippen LogP contribution in [-0.2, 0) is 0 Å². The zero-order valence-corrected chi connectivity index (χ0v) is 11.2. The van der Waals surface area contributed by atoms with E-state index in [2.05, 4.69) is 21.2 Å². The van der Waals surface area contributed by atoms with Gasteiger partial charge in [0.25, 0.3) is 11.6 Å². The number of aryl methyl sites for hydroxylation is 1. The van der Waals surface area contributed by atoms with Crippen LogP contribution in [0.4, 0.5) is 5.69 Å². The highest BCUT2D eigenvalue weighted by molar-refractivity contribution is 9.09. The third kappa shape index (κ3) is 3.26. The molecule has 17 heavy (non-hydrogen) atoms. The van der Waals surface area contributed by atoms with Gasteiger partial charge in [0, 0.05) is 16.9 Å². The normalized spacial score (nSPS) is 11.9. The van der Waals surface area contributed by atoms with E-state index in [0.29, 0.717) is 10.9 Å². The Morgan fingerprint density at radius 2 is 2.24 bits per heavy atom. The van der Waals surface area contributed by atoms with Crippen LogP contribution in [-0.4, -0.2) is 22.2 Å². The fraction of sp³-hybridized carbons (Fsp3) is 0.364. The van der Waals surface area contributed by atoms with E-state index in [1.807, 2.05) is 6.92 Å². The number of rotatable bonds is 4. The molecular formula is C11H13BrN2O3. The summed E-state index contributed by atoms with van der Waals surface area (Å²) in [6.07, 6.45) is 0. The molecule has 0 fully saturated rings. The number of amides is 1. The molecule has 1 atom stereocenters. The number of alkyl halides is 1. The van der Waals surface area contributed by atoms with E-state index in [0.717, 1.165) is 0 Å². The van der Waals surface area contributed by atoms with E-state index in [1.54, 1.807) is 19.1 Å². The Balaban J connectivity index is 3.09. The van der Waals surface area contributed by atoms with Gasteiger partial charge >= 0.3 is 0 Å². The first kappa shape index (κ1) is 13.6. The van der Waals surface area contributed by atoms with Crippen LogP contribution < -0.4 is 5.32 Å². The molecule has 0 heterocycles. The maximum Gasteiger partial charge on any atom is 0.285 e. The van der Waals surface area contributed by atoms with Crippen LogP contribution in [0, 0.1) is 17.0 Å². The second-order valence-corrected chi connectivity index (χ2v) is 4.40. The minimum atomic E-state index is -0.525. The van der Waals surface area contributed by atoms with Gasteiger partial charge in [-0.05, 0) is 19.9 Å². The van der Waals surface area contributed by atoms with Crippen molar-refractivity contribution >= 4 is 27.5 Å². The minimum absolute atomic E-state index is 0.0809. The van der Waals surface area contributed by atoms with Gasteiger partial charge in [-0.1, -0.05) is 28.1 Å². The van der Waals surface area contributed by atoms with Crippen LogP contribution in [0.15, 0.2) is 18.2 Å². The van der Waals surface area contributed by atoms with Crippen molar-refractivity contribution in [3.63, 3.8) is 0 Å². The fourth-order valence-corrected chi connectivity index (χ4v) is 1.59. The lowest BCUT2D eigenvalue weighted by Crippen LogP contribution is -2.34. The van der Waals surface area contributed by atoms with Crippen LogP contribution in [0.1, 0.15) is 22.8 Å². The number of nitrogens with one attached hydrogen (secondary N) is 1. The summed E-state index contributed by atoms with van der Waals surface area (Å²) in [4.78, 5) is 22.2. The van der Waals surface area contributed by atoms with Crippen LogP contribution in [0.3, 0.4) is 0 Å². The molecule has 0 saturated carbocycles. The highest BCUT2D eigenvalue weighted by Crippen LogP contribution is 2.22. The predicted molar refractivity (Wildman–Crippen MR) is 68.6 cm³/mol. The molecular weight excluding hydrogens is 288 g/mol. The van der Waals surface area contributed by atoms with Crippen molar-refractivity contribution in [2.24, 2.45) is 0 Å². The molecule has 0 bridgehead atoms. The van der Waals surface area contributed by atoms with Crippen molar-refractivity contribution in [1.82, 2.24) is 5.32 Å². The maximum atomic E-state index is 11.9. The molecule has 1 aromatic rings. The molecule has 0 radical (unpaired) electrons. The third-order valence-corrected chi connectivity index (χ3v) is 3.25. The highest BCUT2D eigenvalue weighted by Gasteiger charge is 2.22. The molecule has 0 aliphatic rings.